The van der Waals surface area contributed by atoms with Crippen molar-refractivity contribution in [2.45, 2.75) is 39.0 Å². The zero-order chi connectivity index (χ0) is 17.4. The average Bonchev–Trinajstić information content (AvgIpc) is 3.20. The molecule has 1 aliphatic heterocycles. The third-order valence-corrected chi connectivity index (χ3v) is 5.42. The second-order valence-electron chi connectivity index (χ2n) is 6.92. The number of hydrogen-bond donors (Lipinski definition) is 1. The van der Waals surface area contributed by atoms with Crippen molar-refractivity contribution in [1.29, 1.82) is 0 Å². The van der Waals surface area contributed by atoms with Crippen LogP contribution in [0.15, 0.2) is 35.0 Å². The summed E-state index contributed by atoms with van der Waals surface area (Å²) in [6, 6.07) is 8.43. The number of fused-ring (bicyclic) bond motifs is 1. The molecule has 1 aromatic carbocycles. The normalized spacial score (nSPS) is 15.8. The number of aromatic nitrogens is 2. The molecular formula is C20H23N3O2. The Morgan fingerprint density at radius 2 is 2.04 bits per heavy atom. The van der Waals surface area contributed by atoms with Gasteiger partial charge in [-0.25, -0.2) is 0 Å². The van der Waals surface area contributed by atoms with Gasteiger partial charge < -0.3 is 14.4 Å². The van der Waals surface area contributed by atoms with E-state index in [0.29, 0.717) is 12.3 Å². The topological polar surface area (TPSA) is 62.1 Å². The fraction of sp³-hybridized carbons (Fsp3) is 0.400. The number of para-hydroxylation sites is 1. The fourth-order valence-corrected chi connectivity index (χ4v) is 3.89. The van der Waals surface area contributed by atoms with Gasteiger partial charge in [0.25, 0.3) is 0 Å². The number of aryl methyl sites for hydroxylation is 2. The van der Waals surface area contributed by atoms with Crippen LogP contribution in [0.5, 0.6) is 0 Å². The molecule has 0 unspecified atom stereocenters. The van der Waals surface area contributed by atoms with Crippen LogP contribution in [0.25, 0.3) is 10.9 Å². The molecule has 130 valence electrons. The molecule has 3 heterocycles. The van der Waals surface area contributed by atoms with Crippen molar-refractivity contribution in [3.63, 3.8) is 0 Å². The molecule has 0 bridgehead atoms. The molecule has 1 amide bonds. The van der Waals surface area contributed by atoms with Gasteiger partial charge in [-0.2, -0.15) is 0 Å². The van der Waals surface area contributed by atoms with E-state index in [1.807, 2.05) is 18.7 Å². The lowest BCUT2D eigenvalue weighted by Crippen LogP contribution is -2.38. The number of hydrogen-bond acceptors (Lipinski definition) is 3. The van der Waals surface area contributed by atoms with E-state index in [4.69, 9.17) is 4.52 Å². The zero-order valence-corrected chi connectivity index (χ0v) is 14.7. The van der Waals surface area contributed by atoms with E-state index in [0.717, 1.165) is 42.9 Å². The van der Waals surface area contributed by atoms with Crippen molar-refractivity contribution in [2.75, 3.05) is 13.1 Å². The number of H-pyrrole nitrogens is 1. The summed E-state index contributed by atoms with van der Waals surface area (Å²) in [6.45, 7) is 5.38. The number of carbonyl (C=O) groups excluding carboxylic acids is 1. The fourth-order valence-electron chi connectivity index (χ4n) is 3.89. The lowest BCUT2D eigenvalue weighted by atomic mass is 9.89. The van der Waals surface area contributed by atoms with Crippen LogP contribution in [0.1, 0.15) is 41.3 Å². The Balaban J connectivity index is 1.42. The van der Waals surface area contributed by atoms with Crippen LogP contribution >= 0.6 is 0 Å². The molecule has 0 atom stereocenters. The molecule has 1 fully saturated rings. The predicted molar refractivity (Wildman–Crippen MR) is 96.5 cm³/mol. The van der Waals surface area contributed by atoms with Gasteiger partial charge in [-0.3, -0.25) is 4.79 Å². The number of amides is 1. The van der Waals surface area contributed by atoms with Crippen LogP contribution in [0, 0.1) is 13.8 Å². The van der Waals surface area contributed by atoms with E-state index in [2.05, 4.69) is 40.6 Å². The monoisotopic (exact) mass is 337 g/mol. The number of nitrogens with one attached hydrogen (secondary N) is 1. The highest BCUT2D eigenvalue weighted by atomic mass is 16.5. The molecule has 1 N–H and O–H groups in total. The van der Waals surface area contributed by atoms with E-state index in [1.165, 1.54) is 16.5 Å². The Kier molecular flexibility index (Phi) is 4.07. The first-order valence-corrected chi connectivity index (χ1v) is 8.89. The molecule has 1 saturated heterocycles. The molecule has 0 spiro atoms. The highest BCUT2D eigenvalue weighted by Crippen LogP contribution is 2.33. The van der Waals surface area contributed by atoms with Crippen molar-refractivity contribution in [1.82, 2.24) is 15.0 Å². The van der Waals surface area contributed by atoms with Gasteiger partial charge in [0.2, 0.25) is 5.91 Å². The SMILES string of the molecule is Cc1noc(C)c1CC(=O)N1CCC(c2c[nH]c3ccccc23)CC1. The molecule has 0 aliphatic carbocycles. The van der Waals surface area contributed by atoms with E-state index in [1.54, 1.807) is 0 Å². The lowest BCUT2D eigenvalue weighted by Gasteiger charge is -2.32. The third-order valence-electron chi connectivity index (χ3n) is 5.42. The van der Waals surface area contributed by atoms with Gasteiger partial charge >= 0.3 is 0 Å². The summed E-state index contributed by atoms with van der Waals surface area (Å²) in [5.41, 5.74) is 4.33. The van der Waals surface area contributed by atoms with Crippen LogP contribution < -0.4 is 0 Å². The number of aromatic amines is 1. The molecule has 1 aliphatic rings. The maximum absolute atomic E-state index is 12.6. The highest BCUT2D eigenvalue weighted by molar-refractivity contribution is 5.84. The Hall–Kier alpha value is -2.56. The number of rotatable bonds is 3. The number of piperidine rings is 1. The summed E-state index contributed by atoms with van der Waals surface area (Å²) in [6.07, 6.45) is 4.54. The zero-order valence-electron chi connectivity index (χ0n) is 14.7. The van der Waals surface area contributed by atoms with Crippen molar-refractivity contribution in [2.24, 2.45) is 0 Å². The summed E-state index contributed by atoms with van der Waals surface area (Å²) < 4.78 is 5.17. The molecule has 0 radical (unpaired) electrons. The first-order valence-electron chi connectivity index (χ1n) is 8.89. The third kappa shape index (κ3) is 2.95. The van der Waals surface area contributed by atoms with Crippen LogP contribution in [-0.4, -0.2) is 34.0 Å². The summed E-state index contributed by atoms with van der Waals surface area (Å²) in [4.78, 5) is 18.0. The van der Waals surface area contributed by atoms with Crippen molar-refractivity contribution >= 4 is 16.8 Å². The maximum Gasteiger partial charge on any atom is 0.227 e. The molecule has 2 aromatic heterocycles. The minimum absolute atomic E-state index is 0.173. The lowest BCUT2D eigenvalue weighted by molar-refractivity contribution is -0.131. The highest BCUT2D eigenvalue weighted by Gasteiger charge is 2.26. The Morgan fingerprint density at radius 1 is 1.28 bits per heavy atom. The summed E-state index contributed by atoms with van der Waals surface area (Å²) in [7, 11) is 0. The predicted octanol–water partition coefficient (Wildman–Crippen LogP) is 3.72. The number of likely N-dealkylation sites (tertiary alicyclic amines) is 1. The molecule has 3 aromatic rings. The minimum Gasteiger partial charge on any atom is -0.361 e. The van der Waals surface area contributed by atoms with Gasteiger partial charge in [-0.15, -0.1) is 0 Å². The average molecular weight is 337 g/mol. The van der Waals surface area contributed by atoms with Gasteiger partial charge in [0, 0.05) is 35.8 Å². The first-order chi connectivity index (χ1) is 12.1. The summed E-state index contributed by atoms with van der Waals surface area (Å²) in [5.74, 6) is 1.44. The van der Waals surface area contributed by atoms with Crippen LogP contribution in [-0.2, 0) is 11.2 Å². The summed E-state index contributed by atoms with van der Waals surface area (Å²) in [5, 5.41) is 5.25. The second-order valence-corrected chi connectivity index (χ2v) is 6.92. The molecule has 5 heteroatoms. The van der Waals surface area contributed by atoms with Crippen molar-refractivity contribution < 1.29 is 9.32 Å². The Morgan fingerprint density at radius 3 is 2.76 bits per heavy atom. The van der Waals surface area contributed by atoms with Crippen LogP contribution in [0.3, 0.4) is 0 Å². The Bertz CT molecular complexity index is 881. The van der Waals surface area contributed by atoms with E-state index in [-0.39, 0.29) is 5.91 Å². The smallest absolute Gasteiger partial charge is 0.227 e. The van der Waals surface area contributed by atoms with Crippen LogP contribution in [0.2, 0.25) is 0 Å². The van der Waals surface area contributed by atoms with E-state index < -0.39 is 0 Å². The molecule has 0 saturated carbocycles. The maximum atomic E-state index is 12.6. The van der Waals surface area contributed by atoms with Gasteiger partial charge in [0.15, 0.2) is 0 Å². The largest absolute Gasteiger partial charge is 0.361 e. The van der Waals surface area contributed by atoms with Gasteiger partial charge in [0.1, 0.15) is 5.76 Å². The van der Waals surface area contributed by atoms with Gasteiger partial charge in [-0.05, 0) is 44.2 Å². The van der Waals surface area contributed by atoms with Crippen LogP contribution in [0.4, 0.5) is 0 Å². The first kappa shape index (κ1) is 15.9. The van der Waals surface area contributed by atoms with Crippen molar-refractivity contribution in [3.8, 4) is 0 Å². The molecule has 25 heavy (non-hydrogen) atoms. The second kappa shape index (κ2) is 6.39. The van der Waals surface area contributed by atoms with Gasteiger partial charge in [-0.1, -0.05) is 23.4 Å². The van der Waals surface area contributed by atoms with E-state index >= 15 is 0 Å². The van der Waals surface area contributed by atoms with Gasteiger partial charge in [0.05, 0.1) is 12.1 Å². The summed E-state index contributed by atoms with van der Waals surface area (Å²) >= 11 is 0. The molecule has 4 rings (SSSR count). The number of carbonyl (C=O) groups is 1. The minimum atomic E-state index is 0.173. The molecule has 5 nitrogen and oxygen atoms in total. The molecular weight excluding hydrogens is 314 g/mol. The Labute approximate surface area is 147 Å². The van der Waals surface area contributed by atoms with E-state index in [9.17, 15) is 4.79 Å². The quantitative estimate of drug-likeness (QED) is 0.792. The standard InChI is InChI=1S/C20H23N3O2/c1-13-17(14(2)25-22-13)11-20(24)23-9-7-15(8-10-23)18-12-21-19-6-4-3-5-16(18)19/h3-6,12,15,21H,7-11H2,1-2H3. The number of benzene rings is 1. The number of nitrogens with zero attached hydrogens (tertiary/aromatic N) is 2. The van der Waals surface area contributed by atoms with Crippen molar-refractivity contribution in [3.05, 3.63) is 53.0 Å².